The third-order valence-corrected chi connectivity index (χ3v) is 3.79. The van der Waals surface area contributed by atoms with Crippen LogP contribution in [-0.2, 0) is 11.3 Å². The summed E-state index contributed by atoms with van der Waals surface area (Å²) in [6, 6.07) is 6.45. The van der Waals surface area contributed by atoms with Crippen molar-refractivity contribution in [2.24, 2.45) is 0 Å². The van der Waals surface area contributed by atoms with Crippen LogP contribution in [0.25, 0.3) is 0 Å². The molecule has 5 nitrogen and oxygen atoms in total. The number of carbonyl (C=O) groups is 1. The molecule has 1 aliphatic heterocycles. The first kappa shape index (κ1) is 16.9. The van der Waals surface area contributed by atoms with E-state index < -0.39 is 0 Å². The molecule has 1 atom stereocenters. The monoisotopic (exact) mass is 309 g/mol. The number of aliphatic hydroxyl groups excluding tert-OH is 1. The Labute approximate surface area is 130 Å². The normalized spacial score (nSPS) is 18.1. The third kappa shape index (κ3) is 5.36. The zero-order valence-electron chi connectivity index (χ0n) is 13.0. The van der Waals surface area contributed by atoms with Gasteiger partial charge in [-0.15, -0.1) is 0 Å². The molecule has 1 aromatic rings. The summed E-state index contributed by atoms with van der Waals surface area (Å²) in [5, 5.41) is 12.1. The highest BCUT2D eigenvalue weighted by Crippen LogP contribution is 2.06. The number of nitrogens with one attached hydrogen (secondary N) is 1. The predicted molar refractivity (Wildman–Crippen MR) is 82.8 cm³/mol. The van der Waals surface area contributed by atoms with Gasteiger partial charge in [-0.2, -0.15) is 0 Å². The number of carbonyl (C=O) groups excluding carboxylic acids is 1. The van der Waals surface area contributed by atoms with Crippen LogP contribution in [-0.4, -0.2) is 66.2 Å². The molecule has 2 N–H and O–H groups in total. The van der Waals surface area contributed by atoms with E-state index in [2.05, 4.69) is 15.1 Å². The first-order valence-electron chi connectivity index (χ1n) is 7.67. The molecule has 1 saturated heterocycles. The van der Waals surface area contributed by atoms with Gasteiger partial charge in [0.2, 0.25) is 5.91 Å². The largest absolute Gasteiger partial charge is 0.392 e. The number of aliphatic hydroxyl groups is 1. The zero-order chi connectivity index (χ0) is 15.9. The molecule has 6 heteroatoms. The van der Waals surface area contributed by atoms with E-state index in [4.69, 9.17) is 0 Å². The maximum Gasteiger partial charge on any atom is 0.234 e. The van der Waals surface area contributed by atoms with Crippen LogP contribution in [0.3, 0.4) is 0 Å². The van der Waals surface area contributed by atoms with Crippen LogP contribution < -0.4 is 5.32 Å². The molecule has 122 valence electrons. The Bertz CT molecular complexity index is 488. The smallest absolute Gasteiger partial charge is 0.234 e. The Morgan fingerprint density at radius 1 is 1.27 bits per heavy atom. The van der Waals surface area contributed by atoms with Gasteiger partial charge in [0.25, 0.3) is 0 Å². The maximum atomic E-state index is 13.5. The summed E-state index contributed by atoms with van der Waals surface area (Å²) in [5.74, 6) is -0.387. The van der Waals surface area contributed by atoms with Crippen molar-refractivity contribution < 1.29 is 14.3 Å². The van der Waals surface area contributed by atoms with Crippen LogP contribution in [0.1, 0.15) is 12.5 Å². The second-order valence-electron chi connectivity index (χ2n) is 5.79. The average Bonchev–Trinajstić information content (AvgIpc) is 2.48. The number of hydrogen-bond acceptors (Lipinski definition) is 4. The number of halogens is 1. The fourth-order valence-electron chi connectivity index (χ4n) is 2.60. The Morgan fingerprint density at radius 2 is 1.91 bits per heavy atom. The zero-order valence-corrected chi connectivity index (χ0v) is 13.0. The summed E-state index contributed by atoms with van der Waals surface area (Å²) in [5.41, 5.74) is 0.498. The van der Waals surface area contributed by atoms with Crippen LogP contribution in [0.15, 0.2) is 24.3 Å². The van der Waals surface area contributed by atoms with Crippen molar-refractivity contribution in [3.05, 3.63) is 35.6 Å². The molecule has 0 aliphatic carbocycles. The third-order valence-electron chi connectivity index (χ3n) is 3.79. The van der Waals surface area contributed by atoms with E-state index in [1.807, 2.05) is 0 Å². The minimum absolute atomic E-state index is 0.0905. The van der Waals surface area contributed by atoms with Gasteiger partial charge >= 0.3 is 0 Å². The van der Waals surface area contributed by atoms with Crippen LogP contribution in [0, 0.1) is 5.82 Å². The quantitative estimate of drug-likeness (QED) is 0.801. The lowest BCUT2D eigenvalue weighted by Crippen LogP contribution is -2.50. The van der Waals surface area contributed by atoms with Gasteiger partial charge in [-0.3, -0.25) is 14.6 Å². The molecule has 1 amide bonds. The predicted octanol–water partition coefficient (Wildman–Crippen LogP) is 0.440. The second-order valence-corrected chi connectivity index (χ2v) is 5.79. The van der Waals surface area contributed by atoms with Gasteiger partial charge in [0.05, 0.1) is 12.6 Å². The molecule has 0 unspecified atom stereocenters. The minimum Gasteiger partial charge on any atom is -0.392 e. The summed E-state index contributed by atoms with van der Waals surface area (Å²) in [6.07, 6.45) is -0.324. The minimum atomic E-state index is -0.324. The van der Waals surface area contributed by atoms with Gasteiger partial charge in [0.15, 0.2) is 0 Å². The number of nitrogens with zero attached hydrogens (tertiary/aromatic N) is 2. The van der Waals surface area contributed by atoms with Crippen molar-refractivity contribution in [1.29, 1.82) is 0 Å². The van der Waals surface area contributed by atoms with E-state index >= 15 is 0 Å². The molecule has 1 heterocycles. The van der Waals surface area contributed by atoms with Gasteiger partial charge in [-0.1, -0.05) is 18.2 Å². The number of amides is 1. The Kier molecular flexibility index (Phi) is 6.30. The molecule has 22 heavy (non-hydrogen) atoms. The molecule has 0 bridgehead atoms. The van der Waals surface area contributed by atoms with E-state index in [1.165, 1.54) is 6.07 Å². The first-order valence-corrected chi connectivity index (χ1v) is 7.67. The highest BCUT2D eigenvalue weighted by atomic mass is 19.1. The highest BCUT2D eigenvalue weighted by Gasteiger charge is 2.19. The van der Waals surface area contributed by atoms with Gasteiger partial charge in [0.1, 0.15) is 5.82 Å². The summed E-state index contributed by atoms with van der Waals surface area (Å²) in [6.45, 7) is 6.32. The Hall–Kier alpha value is -1.50. The Balaban J connectivity index is 1.69. The molecule has 1 aliphatic rings. The first-order chi connectivity index (χ1) is 10.5. The lowest BCUT2D eigenvalue weighted by molar-refractivity contribution is -0.122. The molecule has 2 rings (SSSR count). The molecule has 0 aromatic heterocycles. The SMILES string of the molecule is C[C@@H](O)CN1CCN(CC(=O)NCc2ccccc2F)CC1. The number of β-amino-alcohol motifs (C(OH)–C–C–N with tert-alkyl or cyclic N) is 1. The maximum absolute atomic E-state index is 13.5. The molecule has 0 saturated carbocycles. The standard InChI is InChI=1S/C16H24FN3O2/c1-13(21)11-19-6-8-20(9-7-19)12-16(22)18-10-14-4-2-3-5-15(14)17/h2-5,13,21H,6-12H2,1H3,(H,18,22)/t13-/m1/s1. The molecular formula is C16H24FN3O2. The fourth-order valence-corrected chi connectivity index (χ4v) is 2.60. The van der Waals surface area contributed by atoms with Crippen LogP contribution in [0.4, 0.5) is 4.39 Å². The lowest BCUT2D eigenvalue weighted by Gasteiger charge is -2.34. The van der Waals surface area contributed by atoms with Crippen LogP contribution >= 0.6 is 0 Å². The number of hydrogen-bond donors (Lipinski definition) is 2. The second kappa shape index (κ2) is 8.22. The van der Waals surface area contributed by atoms with Gasteiger partial charge in [-0.25, -0.2) is 4.39 Å². The van der Waals surface area contributed by atoms with Crippen molar-refractivity contribution in [2.45, 2.75) is 19.6 Å². The number of benzene rings is 1. The van der Waals surface area contributed by atoms with E-state index in [-0.39, 0.29) is 24.4 Å². The van der Waals surface area contributed by atoms with Crippen molar-refractivity contribution in [3.63, 3.8) is 0 Å². The Morgan fingerprint density at radius 3 is 2.55 bits per heavy atom. The summed E-state index contributed by atoms with van der Waals surface area (Å²) in [7, 11) is 0. The molecule has 1 fully saturated rings. The van der Waals surface area contributed by atoms with Gasteiger partial charge < -0.3 is 10.4 Å². The van der Waals surface area contributed by atoms with Crippen molar-refractivity contribution in [2.75, 3.05) is 39.3 Å². The topological polar surface area (TPSA) is 55.8 Å². The highest BCUT2D eigenvalue weighted by molar-refractivity contribution is 5.78. The van der Waals surface area contributed by atoms with E-state index in [9.17, 15) is 14.3 Å². The van der Waals surface area contributed by atoms with Crippen LogP contribution in [0.5, 0.6) is 0 Å². The molecule has 0 spiro atoms. The molecular weight excluding hydrogens is 285 g/mol. The van der Waals surface area contributed by atoms with E-state index in [0.717, 1.165) is 26.2 Å². The van der Waals surface area contributed by atoms with Crippen LogP contribution in [0.2, 0.25) is 0 Å². The summed E-state index contributed by atoms with van der Waals surface area (Å²) in [4.78, 5) is 16.2. The van der Waals surface area contributed by atoms with Gasteiger partial charge in [0, 0.05) is 44.8 Å². The number of piperazine rings is 1. The fraction of sp³-hybridized carbons (Fsp3) is 0.562. The number of rotatable bonds is 6. The average molecular weight is 309 g/mol. The van der Waals surface area contributed by atoms with E-state index in [1.54, 1.807) is 25.1 Å². The summed E-state index contributed by atoms with van der Waals surface area (Å²) >= 11 is 0. The molecule has 0 radical (unpaired) electrons. The van der Waals surface area contributed by atoms with Crippen molar-refractivity contribution in [1.82, 2.24) is 15.1 Å². The van der Waals surface area contributed by atoms with Gasteiger partial charge in [-0.05, 0) is 13.0 Å². The van der Waals surface area contributed by atoms with Crippen molar-refractivity contribution in [3.8, 4) is 0 Å². The summed E-state index contributed by atoms with van der Waals surface area (Å²) < 4.78 is 13.5. The molecule has 1 aromatic carbocycles. The lowest BCUT2D eigenvalue weighted by atomic mass is 10.2. The van der Waals surface area contributed by atoms with E-state index in [0.29, 0.717) is 18.7 Å². The van der Waals surface area contributed by atoms with Crippen molar-refractivity contribution >= 4 is 5.91 Å².